The van der Waals surface area contributed by atoms with Gasteiger partial charge in [0.1, 0.15) is 6.04 Å². The van der Waals surface area contributed by atoms with Gasteiger partial charge < -0.3 is 20.4 Å². The second kappa shape index (κ2) is 10.0. The van der Waals surface area contributed by atoms with Crippen LogP contribution < -0.4 is 15.5 Å². The van der Waals surface area contributed by atoms with Crippen molar-refractivity contribution >= 4 is 29.3 Å². The van der Waals surface area contributed by atoms with E-state index in [9.17, 15) is 19.2 Å². The minimum absolute atomic E-state index is 0.0853. The van der Waals surface area contributed by atoms with E-state index in [1.54, 1.807) is 43.3 Å². The third-order valence-corrected chi connectivity index (χ3v) is 4.71. The third-order valence-electron chi connectivity index (χ3n) is 4.71. The molecule has 1 aliphatic heterocycles. The Bertz CT molecular complexity index is 758. The van der Waals surface area contributed by atoms with Crippen molar-refractivity contribution in [2.45, 2.75) is 39.2 Å². The first-order valence-electron chi connectivity index (χ1n) is 9.88. The number of nitrogens with one attached hydrogen (secondary N) is 2. The summed E-state index contributed by atoms with van der Waals surface area (Å²) in [4.78, 5) is 51.7. The molecule has 1 aromatic carbocycles. The molecule has 2 rings (SSSR count). The van der Waals surface area contributed by atoms with Gasteiger partial charge in [0.25, 0.3) is 5.91 Å². The minimum atomic E-state index is -0.619. The molecule has 4 amide bonds. The van der Waals surface area contributed by atoms with Crippen molar-refractivity contribution in [2.75, 3.05) is 32.1 Å². The maximum Gasteiger partial charge on any atom is 0.251 e. The molecule has 1 aliphatic rings. The fraction of sp³-hybridized carbons (Fsp3) is 0.524. The van der Waals surface area contributed by atoms with E-state index in [2.05, 4.69) is 10.6 Å². The number of nitrogens with zero attached hydrogens (tertiary/aromatic N) is 2. The highest BCUT2D eigenvalue weighted by Gasteiger charge is 2.24. The maximum atomic E-state index is 12.3. The van der Waals surface area contributed by atoms with Gasteiger partial charge >= 0.3 is 0 Å². The summed E-state index contributed by atoms with van der Waals surface area (Å²) in [5.74, 6) is -0.662. The molecule has 8 heteroatoms. The van der Waals surface area contributed by atoms with Crippen LogP contribution in [0, 0.1) is 5.92 Å². The molecule has 0 aromatic heterocycles. The monoisotopic (exact) mass is 402 g/mol. The molecule has 0 saturated carbocycles. The number of rotatable bonds is 8. The van der Waals surface area contributed by atoms with Crippen molar-refractivity contribution in [1.29, 1.82) is 0 Å². The first kappa shape index (κ1) is 22.4. The molecule has 1 aromatic rings. The van der Waals surface area contributed by atoms with Crippen LogP contribution in [0.1, 0.15) is 43.5 Å². The van der Waals surface area contributed by atoms with Gasteiger partial charge in [-0.2, -0.15) is 0 Å². The quantitative estimate of drug-likeness (QED) is 0.682. The average molecular weight is 402 g/mol. The van der Waals surface area contributed by atoms with Crippen LogP contribution in [0.3, 0.4) is 0 Å². The van der Waals surface area contributed by atoms with Gasteiger partial charge in [0.05, 0.1) is 6.54 Å². The van der Waals surface area contributed by atoms with Gasteiger partial charge in [-0.1, -0.05) is 13.8 Å². The number of carbonyl (C=O) groups is 4. The fourth-order valence-electron chi connectivity index (χ4n) is 3.23. The van der Waals surface area contributed by atoms with Crippen LogP contribution in [0.2, 0.25) is 0 Å². The second-order valence-corrected chi connectivity index (χ2v) is 7.86. The molecule has 29 heavy (non-hydrogen) atoms. The van der Waals surface area contributed by atoms with Crippen molar-refractivity contribution in [2.24, 2.45) is 5.92 Å². The zero-order chi connectivity index (χ0) is 21.6. The summed E-state index contributed by atoms with van der Waals surface area (Å²) in [6, 6.07) is 6.10. The van der Waals surface area contributed by atoms with Crippen LogP contribution in [0.15, 0.2) is 24.3 Å². The van der Waals surface area contributed by atoms with Gasteiger partial charge in [-0.3, -0.25) is 19.2 Å². The van der Waals surface area contributed by atoms with E-state index in [4.69, 9.17) is 0 Å². The molecule has 158 valence electrons. The number of hydrogen-bond acceptors (Lipinski definition) is 4. The summed E-state index contributed by atoms with van der Waals surface area (Å²) in [6.07, 6.45) is 1.91. The number of benzene rings is 1. The Morgan fingerprint density at radius 2 is 1.79 bits per heavy atom. The number of hydrogen-bond donors (Lipinski definition) is 2. The predicted molar refractivity (Wildman–Crippen MR) is 110 cm³/mol. The topological polar surface area (TPSA) is 98.8 Å². The first-order chi connectivity index (χ1) is 13.7. The lowest BCUT2D eigenvalue weighted by molar-refractivity contribution is -0.134. The highest BCUT2D eigenvalue weighted by atomic mass is 16.2. The number of amides is 4. The smallest absolute Gasteiger partial charge is 0.251 e. The van der Waals surface area contributed by atoms with Crippen LogP contribution >= 0.6 is 0 Å². The molecule has 8 nitrogen and oxygen atoms in total. The average Bonchev–Trinajstić information content (AvgIpc) is 3.10. The first-order valence-corrected chi connectivity index (χ1v) is 9.88. The van der Waals surface area contributed by atoms with Crippen LogP contribution in [-0.4, -0.2) is 61.8 Å². The molecule has 1 atom stereocenters. The summed E-state index contributed by atoms with van der Waals surface area (Å²) >= 11 is 0. The highest BCUT2D eigenvalue weighted by molar-refractivity contribution is 5.99. The largest absolute Gasteiger partial charge is 0.347 e. The van der Waals surface area contributed by atoms with Gasteiger partial charge in [0.15, 0.2) is 0 Å². The van der Waals surface area contributed by atoms with E-state index in [1.165, 1.54) is 4.90 Å². The zero-order valence-corrected chi connectivity index (χ0v) is 17.5. The summed E-state index contributed by atoms with van der Waals surface area (Å²) in [7, 11) is 3.28. The van der Waals surface area contributed by atoms with Gasteiger partial charge in [-0.15, -0.1) is 0 Å². The van der Waals surface area contributed by atoms with Crippen molar-refractivity contribution in [3.63, 3.8) is 0 Å². The van der Waals surface area contributed by atoms with E-state index >= 15 is 0 Å². The molecule has 0 aliphatic carbocycles. The zero-order valence-electron chi connectivity index (χ0n) is 17.5. The summed E-state index contributed by atoms with van der Waals surface area (Å²) in [5, 5.41) is 5.27. The van der Waals surface area contributed by atoms with Crippen molar-refractivity contribution in [3.05, 3.63) is 29.8 Å². The van der Waals surface area contributed by atoms with E-state index in [0.717, 1.165) is 12.1 Å². The van der Waals surface area contributed by atoms with Crippen molar-refractivity contribution in [3.8, 4) is 0 Å². The van der Waals surface area contributed by atoms with Crippen molar-refractivity contribution in [1.82, 2.24) is 15.5 Å². The minimum Gasteiger partial charge on any atom is -0.347 e. The van der Waals surface area contributed by atoms with Gasteiger partial charge in [-0.05, 0) is 43.0 Å². The van der Waals surface area contributed by atoms with Gasteiger partial charge in [0, 0.05) is 38.3 Å². The molecular weight excluding hydrogens is 372 g/mol. The van der Waals surface area contributed by atoms with Gasteiger partial charge in [-0.25, -0.2) is 0 Å². The Balaban J connectivity index is 1.89. The maximum absolute atomic E-state index is 12.3. The lowest BCUT2D eigenvalue weighted by atomic mass is 10.0. The van der Waals surface area contributed by atoms with Crippen LogP contribution in [0.4, 0.5) is 5.69 Å². The number of likely N-dealkylation sites (N-methyl/N-ethyl adjacent to an activating group) is 1. The van der Waals surface area contributed by atoms with Crippen molar-refractivity contribution < 1.29 is 19.2 Å². The number of anilines is 1. The Kier molecular flexibility index (Phi) is 7.75. The van der Waals surface area contributed by atoms with Crippen LogP contribution in [-0.2, 0) is 14.4 Å². The van der Waals surface area contributed by atoms with E-state index < -0.39 is 17.9 Å². The molecule has 1 saturated heterocycles. The molecule has 0 unspecified atom stereocenters. The lowest BCUT2D eigenvalue weighted by Gasteiger charge is -2.23. The van der Waals surface area contributed by atoms with Crippen LogP contribution in [0.5, 0.6) is 0 Å². The Hall–Kier alpha value is -2.90. The van der Waals surface area contributed by atoms with E-state index in [-0.39, 0.29) is 24.3 Å². The molecule has 1 heterocycles. The Morgan fingerprint density at radius 1 is 1.14 bits per heavy atom. The summed E-state index contributed by atoms with van der Waals surface area (Å²) < 4.78 is 0. The van der Waals surface area contributed by atoms with E-state index in [1.807, 2.05) is 13.8 Å². The Labute approximate surface area is 171 Å². The number of carbonyl (C=O) groups excluding carboxylic acids is 4. The molecular formula is C21H30N4O4. The summed E-state index contributed by atoms with van der Waals surface area (Å²) in [5.41, 5.74) is 1.16. The predicted octanol–water partition coefficient (Wildman–Crippen LogP) is 1.16. The lowest BCUT2D eigenvalue weighted by Crippen LogP contribution is -2.49. The molecule has 0 spiro atoms. The second-order valence-electron chi connectivity index (χ2n) is 7.86. The third kappa shape index (κ3) is 6.30. The highest BCUT2D eigenvalue weighted by Crippen LogP contribution is 2.21. The van der Waals surface area contributed by atoms with E-state index in [0.29, 0.717) is 24.9 Å². The molecule has 0 radical (unpaired) electrons. The molecule has 1 fully saturated rings. The van der Waals surface area contributed by atoms with Crippen LogP contribution in [0.25, 0.3) is 0 Å². The fourth-order valence-corrected chi connectivity index (χ4v) is 3.23. The standard InChI is InChI=1S/C21H30N4O4/c1-14(2)12-17(21(29)24(3)4)23-18(26)13-22-20(28)15-7-9-16(10-8-15)25-11-5-6-19(25)27/h7-10,14,17H,5-6,11-13H2,1-4H3,(H,22,28)(H,23,26)/t17-/m1/s1. The Morgan fingerprint density at radius 3 is 2.31 bits per heavy atom. The molecule has 2 N–H and O–H groups in total. The summed E-state index contributed by atoms with van der Waals surface area (Å²) in [6.45, 7) is 4.42. The SMILES string of the molecule is CC(C)C[C@@H](NC(=O)CNC(=O)c1ccc(N2CCCC2=O)cc1)C(=O)N(C)C. The molecule has 0 bridgehead atoms. The van der Waals surface area contributed by atoms with Gasteiger partial charge in [0.2, 0.25) is 17.7 Å². The normalized spacial score (nSPS) is 14.7.